The van der Waals surface area contributed by atoms with Gasteiger partial charge in [-0.25, -0.2) is 0 Å². The molecule has 0 amide bonds. The van der Waals surface area contributed by atoms with Gasteiger partial charge in [0.25, 0.3) is 5.69 Å². The molecule has 0 aliphatic carbocycles. The van der Waals surface area contributed by atoms with Gasteiger partial charge >= 0.3 is 0 Å². The molecule has 92 valence electrons. The van der Waals surface area contributed by atoms with Gasteiger partial charge in [-0.15, -0.1) is 0 Å². The second kappa shape index (κ2) is 6.12. The van der Waals surface area contributed by atoms with Crippen molar-refractivity contribution in [1.82, 2.24) is 4.90 Å². The highest BCUT2D eigenvalue weighted by Crippen LogP contribution is 2.17. The summed E-state index contributed by atoms with van der Waals surface area (Å²) in [5.41, 5.74) is 6.02. The molecule has 0 bridgehead atoms. The molecule has 6 nitrogen and oxygen atoms in total. The molecule has 7 heteroatoms. The van der Waals surface area contributed by atoms with Crippen molar-refractivity contribution in [2.75, 3.05) is 25.5 Å². The summed E-state index contributed by atoms with van der Waals surface area (Å²) in [5.74, 6) is 0. The molecule has 0 fully saturated rings. The van der Waals surface area contributed by atoms with Crippen LogP contribution in [0.3, 0.4) is 0 Å². The molecule has 0 atom stereocenters. The summed E-state index contributed by atoms with van der Waals surface area (Å²) < 4.78 is 0. The second-order valence-corrected chi connectivity index (χ2v) is 3.83. The third-order valence-corrected chi connectivity index (χ3v) is 2.53. The Bertz CT molecular complexity index is 425. The fraction of sp³-hybridized carbons (Fsp3) is 0.300. The molecule has 0 radical (unpaired) electrons. The average Bonchev–Trinajstić information content (AvgIpc) is 2.29. The molecule has 0 aliphatic heterocycles. The summed E-state index contributed by atoms with van der Waals surface area (Å²) in [6.07, 6.45) is 0. The summed E-state index contributed by atoms with van der Waals surface area (Å²) in [7, 11) is 1.81. The number of nitrogens with one attached hydrogen (secondary N) is 1. The third kappa shape index (κ3) is 3.97. The lowest BCUT2D eigenvalue weighted by molar-refractivity contribution is -0.384. The first kappa shape index (κ1) is 13.3. The van der Waals surface area contributed by atoms with Gasteiger partial charge in [0.05, 0.1) is 4.92 Å². The summed E-state index contributed by atoms with van der Waals surface area (Å²) in [6, 6.07) is 6.18. The number of nitrogens with two attached hydrogens (primary N) is 1. The molecule has 0 heterocycles. The van der Waals surface area contributed by atoms with Crippen molar-refractivity contribution in [1.29, 1.82) is 0 Å². The van der Waals surface area contributed by atoms with Crippen molar-refractivity contribution in [3.05, 3.63) is 34.4 Å². The normalized spacial score (nSPS) is 9.76. The van der Waals surface area contributed by atoms with Gasteiger partial charge in [0.1, 0.15) is 0 Å². The Hall–Kier alpha value is -1.73. The maximum atomic E-state index is 10.6. The molecule has 0 unspecified atom stereocenters. The highest BCUT2D eigenvalue weighted by atomic mass is 32.1. The van der Waals surface area contributed by atoms with Crippen molar-refractivity contribution in [2.24, 2.45) is 5.73 Å². The number of benzene rings is 1. The number of rotatable bonds is 4. The van der Waals surface area contributed by atoms with Crippen LogP contribution in [0.25, 0.3) is 0 Å². The summed E-state index contributed by atoms with van der Waals surface area (Å²) in [5, 5.41) is 14.0. The minimum Gasteiger partial charge on any atom is -0.351 e. The number of nitrogens with zero attached hydrogens (tertiary/aromatic N) is 2. The number of nitro groups is 1. The van der Waals surface area contributed by atoms with Gasteiger partial charge in [-0.05, 0) is 18.3 Å². The van der Waals surface area contributed by atoms with Crippen LogP contribution in [-0.4, -0.2) is 35.1 Å². The standard InChI is InChI=1S/C10H14N4O2S/c1-13(6-5-11)10(17)12-8-3-2-4-9(7-8)14(15)16/h2-4,7H,5-6,11H2,1H3,(H,12,17). The Morgan fingerprint density at radius 3 is 2.94 bits per heavy atom. The van der Waals surface area contributed by atoms with E-state index in [9.17, 15) is 10.1 Å². The van der Waals surface area contributed by atoms with Crippen LogP contribution in [0.4, 0.5) is 11.4 Å². The van der Waals surface area contributed by atoms with Crippen LogP contribution in [0.15, 0.2) is 24.3 Å². The predicted octanol–water partition coefficient (Wildman–Crippen LogP) is 1.18. The van der Waals surface area contributed by atoms with Gasteiger partial charge in [-0.3, -0.25) is 10.1 Å². The van der Waals surface area contributed by atoms with Crippen molar-refractivity contribution >= 4 is 28.7 Å². The molecule has 0 saturated heterocycles. The molecule has 0 saturated carbocycles. The van der Waals surface area contributed by atoms with E-state index < -0.39 is 4.92 Å². The fourth-order valence-corrected chi connectivity index (χ4v) is 1.42. The Morgan fingerprint density at radius 1 is 1.65 bits per heavy atom. The zero-order valence-corrected chi connectivity index (χ0v) is 10.2. The van der Waals surface area contributed by atoms with Gasteiger partial charge < -0.3 is 16.0 Å². The fourth-order valence-electron chi connectivity index (χ4n) is 1.21. The summed E-state index contributed by atoms with van der Waals surface area (Å²) in [6.45, 7) is 1.12. The highest BCUT2D eigenvalue weighted by molar-refractivity contribution is 7.80. The number of non-ortho nitro benzene ring substituents is 1. The number of nitro benzene ring substituents is 1. The first-order valence-electron chi connectivity index (χ1n) is 5.01. The van der Waals surface area contributed by atoms with Gasteiger partial charge in [-0.2, -0.15) is 0 Å². The SMILES string of the molecule is CN(CCN)C(=S)Nc1cccc([N+](=O)[O-])c1. The number of anilines is 1. The van der Waals surface area contributed by atoms with Crippen molar-refractivity contribution in [3.63, 3.8) is 0 Å². The van der Waals surface area contributed by atoms with Crippen LogP contribution >= 0.6 is 12.2 Å². The quantitative estimate of drug-likeness (QED) is 0.477. The number of hydrogen-bond donors (Lipinski definition) is 2. The lowest BCUT2D eigenvalue weighted by Gasteiger charge is -2.19. The molecule has 1 rings (SSSR count). The third-order valence-electron chi connectivity index (χ3n) is 2.12. The second-order valence-electron chi connectivity index (χ2n) is 3.45. The molecule has 17 heavy (non-hydrogen) atoms. The monoisotopic (exact) mass is 254 g/mol. The summed E-state index contributed by atoms with van der Waals surface area (Å²) in [4.78, 5) is 11.9. The maximum absolute atomic E-state index is 10.6. The Morgan fingerprint density at radius 2 is 2.35 bits per heavy atom. The van der Waals surface area contributed by atoms with Crippen LogP contribution in [-0.2, 0) is 0 Å². The Kier molecular flexibility index (Phi) is 4.80. The number of thiocarbonyl (C=S) groups is 1. The van der Waals surface area contributed by atoms with E-state index in [-0.39, 0.29) is 5.69 Å². The number of hydrogen-bond acceptors (Lipinski definition) is 4. The van der Waals surface area contributed by atoms with Crippen LogP contribution in [0.1, 0.15) is 0 Å². The minimum absolute atomic E-state index is 0.0271. The van der Waals surface area contributed by atoms with E-state index in [1.165, 1.54) is 12.1 Å². The molecule has 0 aliphatic rings. The van der Waals surface area contributed by atoms with Gasteiger partial charge in [0.15, 0.2) is 5.11 Å². The lowest BCUT2D eigenvalue weighted by Crippen LogP contribution is -2.34. The number of likely N-dealkylation sites (N-methyl/N-ethyl adjacent to an activating group) is 1. The van der Waals surface area contributed by atoms with Gasteiger partial charge in [-0.1, -0.05) is 6.07 Å². The molecule has 0 aromatic heterocycles. The first-order valence-corrected chi connectivity index (χ1v) is 5.42. The van der Waals surface area contributed by atoms with E-state index in [2.05, 4.69) is 5.32 Å². The van der Waals surface area contributed by atoms with E-state index in [0.29, 0.717) is 23.9 Å². The molecule has 1 aromatic carbocycles. The van der Waals surface area contributed by atoms with E-state index >= 15 is 0 Å². The largest absolute Gasteiger partial charge is 0.351 e. The predicted molar refractivity (Wildman–Crippen MR) is 71.0 cm³/mol. The van der Waals surface area contributed by atoms with E-state index in [4.69, 9.17) is 18.0 Å². The van der Waals surface area contributed by atoms with Gasteiger partial charge in [0.2, 0.25) is 0 Å². The summed E-state index contributed by atoms with van der Waals surface area (Å²) >= 11 is 5.12. The smallest absolute Gasteiger partial charge is 0.271 e. The molecule has 1 aromatic rings. The van der Waals surface area contributed by atoms with Crippen molar-refractivity contribution < 1.29 is 4.92 Å². The molecular formula is C10H14N4O2S. The van der Waals surface area contributed by atoms with Crippen LogP contribution in [0, 0.1) is 10.1 Å². The van der Waals surface area contributed by atoms with E-state index in [0.717, 1.165) is 0 Å². The van der Waals surface area contributed by atoms with E-state index in [1.54, 1.807) is 24.1 Å². The lowest BCUT2D eigenvalue weighted by atomic mass is 10.3. The van der Waals surface area contributed by atoms with E-state index in [1.807, 2.05) is 0 Å². The van der Waals surface area contributed by atoms with Gasteiger partial charge in [0, 0.05) is 38.0 Å². The van der Waals surface area contributed by atoms with Crippen molar-refractivity contribution in [2.45, 2.75) is 0 Å². The van der Waals surface area contributed by atoms with Crippen LogP contribution < -0.4 is 11.1 Å². The Balaban J connectivity index is 2.71. The van der Waals surface area contributed by atoms with Crippen LogP contribution in [0.2, 0.25) is 0 Å². The zero-order valence-electron chi connectivity index (χ0n) is 9.42. The molecule has 0 spiro atoms. The molecular weight excluding hydrogens is 240 g/mol. The average molecular weight is 254 g/mol. The minimum atomic E-state index is -0.447. The first-order chi connectivity index (χ1) is 8.04. The Labute approximate surface area is 105 Å². The van der Waals surface area contributed by atoms with Crippen LogP contribution in [0.5, 0.6) is 0 Å². The van der Waals surface area contributed by atoms with Crippen molar-refractivity contribution in [3.8, 4) is 0 Å². The zero-order chi connectivity index (χ0) is 12.8. The maximum Gasteiger partial charge on any atom is 0.271 e. The molecule has 3 N–H and O–H groups in total. The topological polar surface area (TPSA) is 84.4 Å². The highest BCUT2D eigenvalue weighted by Gasteiger charge is 2.08.